The third-order valence-corrected chi connectivity index (χ3v) is 2.57. The van der Waals surface area contributed by atoms with Crippen LogP contribution in [0.3, 0.4) is 0 Å². The summed E-state index contributed by atoms with van der Waals surface area (Å²) in [5, 5.41) is 0. The third-order valence-electron chi connectivity index (χ3n) is 2.57. The molecule has 0 amide bonds. The van der Waals surface area contributed by atoms with Crippen molar-refractivity contribution < 1.29 is 4.79 Å². The van der Waals surface area contributed by atoms with Crippen molar-refractivity contribution in [1.29, 1.82) is 0 Å². The summed E-state index contributed by atoms with van der Waals surface area (Å²) < 4.78 is 0. The highest BCUT2D eigenvalue weighted by molar-refractivity contribution is 5.32. The summed E-state index contributed by atoms with van der Waals surface area (Å²) in [6.45, 7) is 6.33. The maximum absolute atomic E-state index is 9.87. The zero-order chi connectivity index (χ0) is 8.81. The van der Waals surface area contributed by atoms with Crippen molar-refractivity contribution in [2.75, 3.05) is 26.2 Å². The van der Waals surface area contributed by atoms with E-state index >= 15 is 0 Å². The zero-order valence-electron chi connectivity index (χ0n) is 7.62. The molecule has 0 saturated carbocycles. The van der Waals surface area contributed by atoms with Crippen molar-refractivity contribution in [3.05, 3.63) is 0 Å². The Balaban J connectivity index is 2.21. The van der Waals surface area contributed by atoms with Gasteiger partial charge in [-0.2, -0.15) is 0 Å². The van der Waals surface area contributed by atoms with Crippen molar-refractivity contribution in [3.8, 4) is 0 Å². The molecule has 0 aromatic carbocycles. The van der Waals surface area contributed by atoms with Gasteiger partial charge in [-0.25, -0.2) is 9.79 Å². The van der Waals surface area contributed by atoms with E-state index in [9.17, 15) is 4.79 Å². The van der Waals surface area contributed by atoms with E-state index in [2.05, 4.69) is 16.8 Å². The van der Waals surface area contributed by atoms with Crippen molar-refractivity contribution in [2.45, 2.75) is 19.8 Å². The smallest absolute Gasteiger partial charge is 0.234 e. The Morgan fingerprint density at radius 3 is 2.67 bits per heavy atom. The van der Waals surface area contributed by atoms with Gasteiger partial charge in [-0.15, -0.1) is 0 Å². The van der Waals surface area contributed by atoms with Crippen LogP contribution in [-0.4, -0.2) is 37.2 Å². The molecule has 1 aliphatic rings. The molecular formula is C9H16N2O. The molecule has 1 saturated heterocycles. The molecule has 1 aliphatic heterocycles. The van der Waals surface area contributed by atoms with Crippen LogP contribution in [0, 0.1) is 5.92 Å². The minimum Gasteiger partial charge on any atom is -0.304 e. The molecule has 0 atom stereocenters. The number of hydrogen-bond donors (Lipinski definition) is 0. The first-order valence-electron chi connectivity index (χ1n) is 4.62. The Hall–Kier alpha value is -0.660. The van der Waals surface area contributed by atoms with Crippen molar-refractivity contribution in [3.63, 3.8) is 0 Å². The summed E-state index contributed by atoms with van der Waals surface area (Å²) in [7, 11) is 0. The largest absolute Gasteiger partial charge is 0.304 e. The second kappa shape index (κ2) is 5.07. The molecule has 3 heteroatoms. The lowest BCUT2D eigenvalue weighted by Crippen LogP contribution is -2.34. The summed E-state index contributed by atoms with van der Waals surface area (Å²) in [6.07, 6.45) is 3.96. The SMILES string of the molecule is CCN1CCC(CN=C=O)CC1. The highest BCUT2D eigenvalue weighted by Crippen LogP contribution is 2.16. The van der Waals surface area contributed by atoms with E-state index < -0.39 is 0 Å². The van der Waals surface area contributed by atoms with Crippen molar-refractivity contribution >= 4 is 6.08 Å². The van der Waals surface area contributed by atoms with E-state index in [1.165, 1.54) is 12.8 Å². The van der Waals surface area contributed by atoms with E-state index in [0.717, 1.165) is 19.6 Å². The van der Waals surface area contributed by atoms with Crippen LogP contribution in [0.1, 0.15) is 19.8 Å². The molecule has 1 fully saturated rings. The van der Waals surface area contributed by atoms with Gasteiger partial charge in [-0.1, -0.05) is 6.92 Å². The van der Waals surface area contributed by atoms with Gasteiger partial charge in [0.05, 0.1) is 6.54 Å². The minimum absolute atomic E-state index is 0.620. The summed E-state index contributed by atoms with van der Waals surface area (Å²) in [6, 6.07) is 0. The number of likely N-dealkylation sites (tertiary alicyclic amines) is 1. The molecule has 68 valence electrons. The van der Waals surface area contributed by atoms with Gasteiger partial charge in [0.25, 0.3) is 0 Å². The van der Waals surface area contributed by atoms with E-state index in [1.807, 2.05) is 0 Å². The maximum atomic E-state index is 9.87. The fraction of sp³-hybridized carbons (Fsp3) is 0.889. The molecule has 0 N–H and O–H groups in total. The topological polar surface area (TPSA) is 32.7 Å². The number of hydrogen-bond acceptors (Lipinski definition) is 3. The van der Waals surface area contributed by atoms with Crippen LogP contribution in [0.2, 0.25) is 0 Å². The lowest BCUT2D eigenvalue weighted by Gasteiger charge is -2.29. The second-order valence-corrected chi connectivity index (χ2v) is 3.31. The molecular weight excluding hydrogens is 152 g/mol. The Morgan fingerprint density at radius 2 is 2.17 bits per heavy atom. The zero-order valence-corrected chi connectivity index (χ0v) is 7.62. The fourth-order valence-corrected chi connectivity index (χ4v) is 1.65. The molecule has 1 heterocycles. The van der Waals surface area contributed by atoms with Gasteiger partial charge in [0.2, 0.25) is 6.08 Å². The van der Waals surface area contributed by atoms with Gasteiger partial charge in [0.1, 0.15) is 0 Å². The molecule has 0 unspecified atom stereocenters. The first-order valence-corrected chi connectivity index (χ1v) is 4.62. The second-order valence-electron chi connectivity index (χ2n) is 3.31. The van der Waals surface area contributed by atoms with E-state index in [4.69, 9.17) is 0 Å². The quantitative estimate of drug-likeness (QED) is 0.466. The van der Waals surface area contributed by atoms with Crippen LogP contribution in [0.5, 0.6) is 0 Å². The van der Waals surface area contributed by atoms with E-state index in [1.54, 1.807) is 6.08 Å². The first-order chi connectivity index (χ1) is 5.86. The molecule has 12 heavy (non-hydrogen) atoms. The Labute approximate surface area is 73.5 Å². The third kappa shape index (κ3) is 2.76. The number of carbonyl (C=O) groups excluding carboxylic acids is 1. The van der Waals surface area contributed by atoms with E-state index in [0.29, 0.717) is 12.5 Å². The van der Waals surface area contributed by atoms with Gasteiger partial charge in [0, 0.05) is 0 Å². The van der Waals surface area contributed by atoms with Gasteiger partial charge >= 0.3 is 0 Å². The number of isocyanates is 1. The highest BCUT2D eigenvalue weighted by Gasteiger charge is 2.16. The normalized spacial score (nSPS) is 20.4. The molecule has 0 aliphatic carbocycles. The van der Waals surface area contributed by atoms with Gasteiger partial charge in [-0.3, -0.25) is 0 Å². The highest BCUT2D eigenvalue weighted by atomic mass is 16.1. The number of piperidine rings is 1. The van der Waals surface area contributed by atoms with Gasteiger partial charge < -0.3 is 4.90 Å². The Kier molecular flexibility index (Phi) is 3.98. The lowest BCUT2D eigenvalue weighted by molar-refractivity contribution is 0.196. The fourth-order valence-electron chi connectivity index (χ4n) is 1.65. The monoisotopic (exact) mass is 168 g/mol. The van der Waals surface area contributed by atoms with Crippen LogP contribution in [0.15, 0.2) is 4.99 Å². The van der Waals surface area contributed by atoms with Gasteiger partial charge in [-0.05, 0) is 38.4 Å². The summed E-state index contributed by atoms with van der Waals surface area (Å²) >= 11 is 0. The number of nitrogens with zero attached hydrogens (tertiary/aromatic N) is 2. The molecule has 0 bridgehead atoms. The molecule has 3 nitrogen and oxygen atoms in total. The van der Waals surface area contributed by atoms with E-state index in [-0.39, 0.29) is 0 Å². The predicted octanol–water partition coefficient (Wildman–Crippen LogP) is 1.05. The predicted molar refractivity (Wildman–Crippen MR) is 47.8 cm³/mol. The maximum Gasteiger partial charge on any atom is 0.234 e. The van der Waals surface area contributed by atoms with Gasteiger partial charge in [0.15, 0.2) is 0 Å². The Morgan fingerprint density at radius 1 is 1.50 bits per heavy atom. The van der Waals surface area contributed by atoms with Crippen molar-refractivity contribution in [2.24, 2.45) is 10.9 Å². The average molecular weight is 168 g/mol. The number of rotatable bonds is 3. The Bertz CT molecular complexity index is 167. The van der Waals surface area contributed by atoms with Crippen LogP contribution < -0.4 is 0 Å². The molecule has 0 spiro atoms. The lowest BCUT2D eigenvalue weighted by atomic mass is 9.97. The molecule has 0 radical (unpaired) electrons. The summed E-state index contributed by atoms with van der Waals surface area (Å²) in [5.41, 5.74) is 0. The first kappa shape index (κ1) is 9.43. The van der Waals surface area contributed by atoms with Crippen LogP contribution >= 0.6 is 0 Å². The number of aliphatic imine (C=N–C) groups is 1. The van der Waals surface area contributed by atoms with Crippen LogP contribution in [0.4, 0.5) is 0 Å². The standard InChI is InChI=1S/C9H16N2O/c1-2-11-5-3-9(4-6-11)7-10-8-12/h9H,2-7H2,1H3. The summed E-state index contributed by atoms with van der Waals surface area (Å²) in [4.78, 5) is 15.9. The molecule has 0 aromatic heterocycles. The average Bonchev–Trinajstić information content (AvgIpc) is 2.15. The molecule has 1 rings (SSSR count). The molecule has 0 aromatic rings. The minimum atomic E-state index is 0.620. The summed E-state index contributed by atoms with van der Waals surface area (Å²) in [5.74, 6) is 0.620. The van der Waals surface area contributed by atoms with Crippen molar-refractivity contribution in [1.82, 2.24) is 4.90 Å². The van der Waals surface area contributed by atoms with Crippen LogP contribution in [0.25, 0.3) is 0 Å². The van der Waals surface area contributed by atoms with Crippen LogP contribution in [-0.2, 0) is 4.79 Å².